The molecule has 0 aliphatic carbocycles. The van der Waals surface area contributed by atoms with E-state index in [1.807, 2.05) is 47.4 Å². The van der Waals surface area contributed by atoms with E-state index in [-0.39, 0.29) is 30.0 Å². The van der Waals surface area contributed by atoms with Crippen molar-refractivity contribution in [2.24, 2.45) is 5.41 Å². The van der Waals surface area contributed by atoms with E-state index in [0.717, 1.165) is 32.1 Å². The fraction of sp³-hybridized carbons (Fsp3) is 0.458. The van der Waals surface area contributed by atoms with Crippen LogP contribution >= 0.6 is 0 Å². The van der Waals surface area contributed by atoms with E-state index in [2.05, 4.69) is 19.1 Å². The summed E-state index contributed by atoms with van der Waals surface area (Å²) in [4.78, 5) is 15.6. The maximum Gasteiger partial charge on any atom is 0.258 e. The van der Waals surface area contributed by atoms with Crippen LogP contribution in [-0.2, 0) is 6.42 Å². The Balaban J connectivity index is 1.61. The summed E-state index contributed by atoms with van der Waals surface area (Å²) in [5, 5.41) is 10.4. The standard InChI is InChI=1S/C24H29NO3/c1-2-14-28-21-11-7-6-10-20(21)23(27)25-19-12-13-22(25)24(16-19,17-26)15-18-8-4-3-5-9-18/h3-11,19,22,26H,2,12-17H2,1H3/t19-,22+,24-/m0/s1. The Morgan fingerprint density at radius 1 is 1.14 bits per heavy atom. The van der Waals surface area contributed by atoms with Gasteiger partial charge in [-0.2, -0.15) is 0 Å². The molecule has 1 N–H and O–H groups in total. The van der Waals surface area contributed by atoms with Crippen LogP contribution in [0.25, 0.3) is 0 Å². The second kappa shape index (κ2) is 7.96. The molecule has 2 aromatic carbocycles. The first kappa shape index (κ1) is 19.0. The molecule has 2 saturated heterocycles. The fourth-order valence-electron chi connectivity index (χ4n) is 5.14. The average Bonchev–Trinajstić information content (AvgIpc) is 3.29. The predicted octanol–water partition coefficient (Wildman–Crippen LogP) is 4.07. The SMILES string of the molecule is CCCOc1ccccc1C(=O)N1[C@H]2CC[C@@H]1[C@@](CO)(Cc1ccccc1)C2. The van der Waals surface area contributed by atoms with Crippen molar-refractivity contribution in [3.63, 3.8) is 0 Å². The molecule has 2 aliphatic rings. The highest BCUT2D eigenvalue weighted by Gasteiger charge is 2.57. The van der Waals surface area contributed by atoms with Crippen molar-refractivity contribution in [2.75, 3.05) is 13.2 Å². The summed E-state index contributed by atoms with van der Waals surface area (Å²) < 4.78 is 5.83. The Morgan fingerprint density at radius 3 is 2.64 bits per heavy atom. The van der Waals surface area contributed by atoms with Crippen molar-refractivity contribution >= 4 is 5.91 Å². The molecular formula is C24H29NO3. The quantitative estimate of drug-likeness (QED) is 0.789. The highest BCUT2D eigenvalue weighted by molar-refractivity contribution is 5.97. The lowest BCUT2D eigenvalue weighted by atomic mass is 9.70. The Labute approximate surface area is 167 Å². The van der Waals surface area contributed by atoms with E-state index in [1.165, 1.54) is 5.56 Å². The Morgan fingerprint density at radius 2 is 1.89 bits per heavy atom. The molecule has 2 aliphatic heterocycles. The summed E-state index contributed by atoms with van der Waals surface area (Å²) in [6.45, 7) is 2.77. The maximum atomic E-state index is 13.5. The van der Waals surface area contributed by atoms with Crippen LogP contribution < -0.4 is 4.74 Å². The molecule has 2 bridgehead atoms. The molecule has 0 saturated carbocycles. The summed E-state index contributed by atoms with van der Waals surface area (Å²) in [5.41, 5.74) is 1.61. The molecule has 0 spiro atoms. The number of fused-ring (bicyclic) bond motifs is 2. The molecule has 2 fully saturated rings. The van der Waals surface area contributed by atoms with Crippen LogP contribution in [0.3, 0.4) is 0 Å². The number of aliphatic hydroxyl groups excluding tert-OH is 1. The van der Waals surface area contributed by atoms with Gasteiger partial charge < -0.3 is 14.7 Å². The molecule has 3 atom stereocenters. The normalized spacial score (nSPS) is 25.9. The fourth-order valence-corrected chi connectivity index (χ4v) is 5.14. The highest BCUT2D eigenvalue weighted by Crippen LogP contribution is 2.52. The number of aliphatic hydroxyl groups is 1. The predicted molar refractivity (Wildman–Crippen MR) is 109 cm³/mol. The minimum atomic E-state index is -0.251. The van der Waals surface area contributed by atoms with E-state index in [1.54, 1.807) is 0 Å². The Bertz CT molecular complexity index is 822. The van der Waals surface area contributed by atoms with Gasteiger partial charge in [-0.1, -0.05) is 49.4 Å². The van der Waals surface area contributed by atoms with E-state index in [0.29, 0.717) is 17.9 Å². The number of benzene rings is 2. The number of hydrogen-bond donors (Lipinski definition) is 1. The van der Waals surface area contributed by atoms with Gasteiger partial charge in [-0.15, -0.1) is 0 Å². The summed E-state index contributed by atoms with van der Waals surface area (Å²) in [6.07, 6.45) is 4.56. The third kappa shape index (κ3) is 3.30. The molecule has 4 rings (SSSR count). The van der Waals surface area contributed by atoms with Crippen molar-refractivity contribution in [1.82, 2.24) is 4.90 Å². The van der Waals surface area contributed by atoms with Gasteiger partial charge in [0.15, 0.2) is 0 Å². The second-order valence-corrected chi connectivity index (χ2v) is 8.19. The molecule has 0 radical (unpaired) electrons. The lowest BCUT2D eigenvalue weighted by Crippen LogP contribution is -2.44. The lowest BCUT2D eigenvalue weighted by Gasteiger charge is -2.36. The van der Waals surface area contributed by atoms with Gasteiger partial charge in [-0.05, 0) is 49.8 Å². The van der Waals surface area contributed by atoms with Gasteiger partial charge in [0.1, 0.15) is 5.75 Å². The smallest absolute Gasteiger partial charge is 0.258 e. The molecular weight excluding hydrogens is 350 g/mol. The molecule has 2 heterocycles. The van der Waals surface area contributed by atoms with Gasteiger partial charge in [0, 0.05) is 17.5 Å². The molecule has 4 heteroatoms. The first-order chi connectivity index (χ1) is 13.7. The number of hydrogen-bond acceptors (Lipinski definition) is 3. The second-order valence-electron chi connectivity index (χ2n) is 8.19. The van der Waals surface area contributed by atoms with E-state index < -0.39 is 0 Å². The van der Waals surface area contributed by atoms with Crippen molar-refractivity contribution in [1.29, 1.82) is 0 Å². The monoisotopic (exact) mass is 379 g/mol. The minimum absolute atomic E-state index is 0.0441. The largest absolute Gasteiger partial charge is 0.493 e. The van der Waals surface area contributed by atoms with Gasteiger partial charge in [0.2, 0.25) is 0 Å². The number of nitrogens with zero attached hydrogens (tertiary/aromatic N) is 1. The summed E-state index contributed by atoms with van der Waals surface area (Å²) in [7, 11) is 0. The van der Waals surface area contributed by atoms with Crippen molar-refractivity contribution in [3.05, 3.63) is 65.7 Å². The van der Waals surface area contributed by atoms with Crippen LogP contribution in [0.5, 0.6) is 5.75 Å². The zero-order valence-corrected chi connectivity index (χ0v) is 16.5. The number of para-hydroxylation sites is 1. The minimum Gasteiger partial charge on any atom is -0.493 e. The van der Waals surface area contributed by atoms with Crippen LogP contribution in [0.1, 0.15) is 48.5 Å². The van der Waals surface area contributed by atoms with Crippen LogP contribution in [-0.4, -0.2) is 41.2 Å². The van der Waals surface area contributed by atoms with Crippen LogP contribution in [0.2, 0.25) is 0 Å². The Kier molecular flexibility index (Phi) is 5.40. The average molecular weight is 380 g/mol. The molecule has 2 aromatic rings. The third-order valence-corrected chi connectivity index (χ3v) is 6.38. The van der Waals surface area contributed by atoms with E-state index >= 15 is 0 Å². The van der Waals surface area contributed by atoms with Gasteiger partial charge in [0.25, 0.3) is 5.91 Å². The number of carbonyl (C=O) groups is 1. The summed E-state index contributed by atoms with van der Waals surface area (Å²) in [6, 6.07) is 18.2. The molecule has 4 nitrogen and oxygen atoms in total. The highest BCUT2D eigenvalue weighted by atomic mass is 16.5. The molecule has 1 amide bonds. The van der Waals surface area contributed by atoms with Gasteiger partial charge in [-0.25, -0.2) is 0 Å². The van der Waals surface area contributed by atoms with Crippen molar-refractivity contribution in [3.8, 4) is 5.75 Å². The first-order valence-corrected chi connectivity index (χ1v) is 10.4. The molecule has 0 aromatic heterocycles. The van der Waals surface area contributed by atoms with Crippen molar-refractivity contribution < 1.29 is 14.6 Å². The zero-order valence-electron chi connectivity index (χ0n) is 16.5. The molecule has 0 unspecified atom stereocenters. The number of carbonyl (C=O) groups excluding carboxylic acids is 1. The van der Waals surface area contributed by atoms with Gasteiger partial charge in [0.05, 0.1) is 18.8 Å². The van der Waals surface area contributed by atoms with E-state index in [4.69, 9.17) is 4.74 Å². The topological polar surface area (TPSA) is 49.8 Å². The zero-order chi connectivity index (χ0) is 19.6. The third-order valence-electron chi connectivity index (χ3n) is 6.38. The number of amides is 1. The Hall–Kier alpha value is -2.33. The molecule has 28 heavy (non-hydrogen) atoms. The maximum absolute atomic E-state index is 13.5. The number of rotatable bonds is 7. The van der Waals surface area contributed by atoms with Gasteiger partial charge in [-0.3, -0.25) is 4.79 Å². The van der Waals surface area contributed by atoms with Crippen LogP contribution in [0.15, 0.2) is 54.6 Å². The van der Waals surface area contributed by atoms with Crippen molar-refractivity contribution in [2.45, 2.75) is 51.1 Å². The number of ether oxygens (including phenoxy) is 1. The van der Waals surface area contributed by atoms with Gasteiger partial charge >= 0.3 is 0 Å². The first-order valence-electron chi connectivity index (χ1n) is 10.4. The van der Waals surface area contributed by atoms with Crippen LogP contribution in [0, 0.1) is 5.41 Å². The summed E-state index contributed by atoms with van der Waals surface area (Å²) in [5.74, 6) is 0.709. The van der Waals surface area contributed by atoms with E-state index in [9.17, 15) is 9.90 Å². The van der Waals surface area contributed by atoms with Crippen LogP contribution in [0.4, 0.5) is 0 Å². The molecule has 148 valence electrons. The lowest BCUT2D eigenvalue weighted by molar-refractivity contribution is 0.0568. The summed E-state index contributed by atoms with van der Waals surface area (Å²) >= 11 is 0.